The van der Waals surface area contributed by atoms with Gasteiger partial charge in [0, 0.05) is 4.47 Å². The Kier molecular flexibility index (Phi) is 3.57. The third kappa shape index (κ3) is 2.48. The van der Waals surface area contributed by atoms with Crippen molar-refractivity contribution in [1.29, 1.82) is 0 Å². The smallest absolute Gasteiger partial charge is 0.254 e. The first-order chi connectivity index (χ1) is 9.65. The zero-order valence-electron chi connectivity index (χ0n) is 10.7. The molecule has 1 aliphatic carbocycles. The molecular formula is C16H13BrFNO. The summed E-state index contributed by atoms with van der Waals surface area (Å²) in [6.07, 6.45) is 1.81. The van der Waals surface area contributed by atoms with Crippen LogP contribution in [0.3, 0.4) is 0 Å². The molecule has 0 aromatic heterocycles. The number of hydrogen-bond acceptors (Lipinski definition) is 1. The summed E-state index contributed by atoms with van der Waals surface area (Å²) < 4.78 is 14.4. The first-order valence-electron chi connectivity index (χ1n) is 6.49. The highest BCUT2D eigenvalue weighted by Gasteiger charge is 2.24. The van der Waals surface area contributed by atoms with Gasteiger partial charge in [-0.2, -0.15) is 0 Å². The summed E-state index contributed by atoms with van der Waals surface area (Å²) in [7, 11) is 0. The molecule has 1 amide bonds. The lowest BCUT2D eigenvalue weighted by atomic mass is 10.1. The molecule has 0 heterocycles. The maximum absolute atomic E-state index is 13.7. The van der Waals surface area contributed by atoms with Crippen LogP contribution in [-0.4, -0.2) is 5.91 Å². The van der Waals surface area contributed by atoms with Crippen LogP contribution in [0.5, 0.6) is 0 Å². The molecule has 0 radical (unpaired) electrons. The Hall–Kier alpha value is -1.68. The molecule has 1 aliphatic rings. The van der Waals surface area contributed by atoms with Gasteiger partial charge in [0.05, 0.1) is 11.6 Å². The molecule has 2 aromatic carbocycles. The molecule has 1 unspecified atom stereocenters. The number of hydrogen-bond donors (Lipinski definition) is 1. The molecule has 0 spiro atoms. The number of carbonyl (C=O) groups excluding carboxylic acids is 1. The highest BCUT2D eigenvalue weighted by Crippen LogP contribution is 2.31. The van der Waals surface area contributed by atoms with Gasteiger partial charge in [0.1, 0.15) is 5.82 Å². The van der Waals surface area contributed by atoms with Gasteiger partial charge in [0.15, 0.2) is 0 Å². The summed E-state index contributed by atoms with van der Waals surface area (Å²) >= 11 is 3.26. The number of benzene rings is 2. The van der Waals surface area contributed by atoms with Gasteiger partial charge >= 0.3 is 0 Å². The van der Waals surface area contributed by atoms with E-state index < -0.39 is 5.82 Å². The molecule has 0 aliphatic heterocycles. The second-order valence-electron chi connectivity index (χ2n) is 4.89. The van der Waals surface area contributed by atoms with Crippen molar-refractivity contribution in [3.8, 4) is 0 Å². The van der Waals surface area contributed by atoms with Gasteiger partial charge < -0.3 is 5.32 Å². The molecular weight excluding hydrogens is 321 g/mol. The average molecular weight is 334 g/mol. The number of carbonyl (C=O) groups is 1. The highest BCUT2D eigenvalue weighted by molar-refractivity contribution is 9.10. The number of amides is 1. The van der Waals surface area contributed by atoms with E-state index in [0.29, 0.717) is 4.47 Å². The number of halogens is 2. The average Bonchev–Trinajstić information content (AvgIpc) is 2.85. The van der Waals surface area contributed by atoms with Crippen LogP contribution in [0, 0.1) is 5.82 Å². The Bertz CT molecular complexity index is 671. The molecule has 3 rings (SSSR count). The van der Waals surface area contributed by atoms with Gasteiger partial charge in [0.2, 0.25) is 0 Å². The second kappa shape index (κ2) is 5.37. The van der Waals surface area contributed by atoms with Gasteiger partial charge in [-0.25, -0.2) is 4.39 Å². The van der Waals surface area contributed by atoms with E-state index in [9.17, 15) is 9.18 Å². The molecule has 2 aromatic rings. The number of nitrogens with one attached hydrogen (secondary N) is 1. The first-order valence-corrected chi connectivity index (χ1v) is 7.28. The molecule has 20 heavy (non-hydrogen) atoms. The topological polar surface area (TPSA) is 29.1 Å². The molecule has 0 fully saturated rings. The summed E-state index contributed by atoms with van der Waals surface area (Å²) in [5.41, 5.74) is 2.47. The van der Waals surface area contributed by atoms with E-state index in [4.69, 9.17) is 0 Å². The predicted octanol–water partition coefficient (Wildman–Crippen LogP) is 4.01. The third-order valence-corrected chi connectivity index (χ3v) is 4.10. The van der Waals surface area contributed by atoms with Crippen molar-refractivity contribution >= 4 is 21.8 Å². The standard InChI is InChI=1S/C16H13BrFNO/c17-11-6-7-14(18)13(9-11)16(20)19-15-8-5-10-3-1-2-4-12(10)15/h1-4,6-7,9,15H,5,8H2,(H,19,20). The normalized spacial score (nSPS) is 16.8. The summed E-state index contributed by atoms with van der Waals surface area (Å²) in [6, 6.07) is 12.4. The van der Waals surface area contributed by atoms with Crippen molar-refractivity contribution < 1.29 is 9.18 Å². The fraction of sp³-hybridized carbons (Fsp3) is 0.188. The van der Waals surface area contributed by atoms with Crippen LogP contribution in [0.2, 0.25) is 0 Å². The van der Waals surface area contributed by atoms with Crippen molar-refractivity contribution in [3.05, 3.63) is 69.4 Å². The predicted molar refractivity (Wildman–Crippen MR) is 79.1 cm³/mol. The fourth-order valence-electron chi connectivity index (χ4n) is 2.61. The SMILES string of the molecule is O=C(NC1CCc2ccccc21)c1cc(Br)ccc1F. The van der Waals surface area contributed by atoms with E-state index in [1.165, 1.54) is 17.7 Å². The Labute approximate surface area is 125 Å². The van der Waals surface area contributed by atoms with Gasteiger partial charge in [-0.1, -0.05) is 40.2 Å². The van der Waals surface area contributed by atoms with Gasteiger partial charge in [0.25, 0.3) is 5.91 Å². The summed E-state index contributed by atoms with van der Waals surface area (Å²) in [6.45, 7) is 0. The minimum Gasteiger partial charge on any atom is -0.345 e. The van der Waals surface area contributed by atoms with Crippen LogP contribution in [-0.2, 0) is 6.42 Å². The lowest BCUT2D eigenvalue weighted by Gasteiger charge is -2.14. The Morgan fingerprint density at radius 2 is 2.05 bits per heavy atom. The zero-order valence-corrected chi connectivity index (χ0v) is 12.3. The van der Waals surface area contributed by atoms with Gasteiger partial charge in [-0.3, -0.25) is 4.79 Å². The largest absolute Gasteiger partial charge is 0.345 e. The summed E-state index contributed by atoms with van der Waals surface area (Å²) in [4.78, 5) is 12.2. The maximum atomic E-state index is 13.7. The lowest BCUT2D eigenvalue weighted by Crippen LogP contribution is -2.27. The van der Waals surface area contributed by atoms with Gasteiger partial charge in [-0.15, -0.1) is 0 Å². The lowest BCUT2D eigenvalue weighted by molar-refractivity contribution is 0.0932. The quantitative estimate of drug-likeness (QED) is 0.884. The van der Waals surface area contributed by atoms with Crippen molar-refractivity contribution in [2.75, 3.05) is 0 Å². The number of aryl methyl sites for hydroxylation is 1. The van der Waals surface area contributed by atoms with Crippen molar-refractivity contribution in [3.63, 3.8) is 0 Å². The van der Waals surface area contributed by atoms with Crippen LogP contribution < -0.4 is 5.32 Å². The zero-order chi connectivity index (χ0) is 14.1. The van der Waals surface area contributed by atoms with Crippen LogP contribution in [0.4, 0.5) is 4.39 Å². The van der Waals surface area contributed by atoms with E-state index in [2.05, 4.69) is 27.3 Å². The van der Waals surface area contributed by atoms with E-state index in [0.717, 1.165) is 18.4 Å². The van der Waals surface area contributed by atoms with Crippen LogP contribution in [0.25, 0.3) is 0 Å². The minimum absolute atomic E-state index is 0.0305. The third-order valence-electron chi connectivity index (χ3n) is 3.61. The van der Waals surface area contributed by atoms with Crippen molar-refractivity contribution in [2.45, 2.75) is 18.9 Å². The molecule has 0 saturated carbocycles. The van der Waals surface area contributed by atoms with Crippen LogP contribution in [0.1, 0.15) is 33.9 Å². The second-order valence-corrected chi connectivity index (χ2v) is 5.80. The van der Waals surface area contributed by atoms with Crippen molar-refractivity contribution in [2.24, 2.45) is 0 Å². The van der Waals surface area contributed by atoms with Crippen LogP contribution >= 0.6 is 15.9 Å². The van der Waals surface area contributed by atoms with Crippen LogP contribution in [0.15, 0.2) is 46.9 Å². The molecule has 1 atom stereocenters. The Morgan fingerprint density at radius 1 is 1.25 bits per heavy atom. The Morgan fingerprint density at radius 3 is 2.90 bits per heavy atom. The number of rotatable bonds is 2. The molecule has 0 saturated heterocycles. The van der Waals surface area contributed by atoms with E-state index >= 15 is 0 Å². The molecule has 1 N–H and O–H groups in total. The van der Waals surface area contributed by atoms with Crippen molar-refractivity contribution in [1.82, 2.24) is 5.32 Å². The fourth-order valence-corrected chi connectivity index (χ4v) is 2.98. The molecule has 4 heteroatoms. The summed E-state index contributed by atoms with van der Waals surface area (Å²) in [5, 5.41) is 2.92. The summed E-state index contributed by atoms with van der Waals surface area (Å²) in [5.74, 6) is -0.873. The highest BCUT2D eigenvalue weighted by atomic mass is 79.9. The number of fused-ring (bicyclic) bond motifs is 1. The van der Waals surface area contributed by atoms with E-state index in [1.54, 1.807) is 6.07 Å². The first kappa shape index (κ1) is 13.3. The molecule has 2 nitrogen and oxygen atoms in total. The Balaban J connectivity index is 1.82. The maximum Gasteiger partial charge on any atom is 0.254 e. The molecule has 102 valence electrons. The monoisotopic (exact) mass is 333 g/mol. The van der Waals surface area contributed by atoms with E-state index in [1.807, 2.05) is 18.2 Å². The minimum atomic E-state index is -0.503. The van der Waals surface area contributed by atoms with Gasteiger partial charge in [-0.05, 0) is 42.2 Å². The van der Waals surface area contributed by atoms with E-state index in [-0.39, 0.29) is 17.5 Å². The molecule has 0 bridgehead atoms.